The summed E-state index contributed by atoms with van der Waals surface area (Å²) in [6.45, 7) is 3.14. The number of imidazole rings is 1. The van der Waals surface area contributed by atoms with E-state index in [0.717, 1.165) is 30.4 Å². The van der Waals surface area contributed by atoms with Crippen LogP contribution in [0.1, 0.15) is 35.9 Å². The van der Waals surface area contributed by atoms with Crippen molar-refractivity contribution in [2.75, 3.05) is 6.54 Å². The summed E-state index contributed by atoms with van der Waals surface area (Å²) in [5, 5.41) is 4.05. The van der Waals surface area contributed by atoms with Gasteiger partial charge in [0, 0.05) is 17.1 Å². The van der Waals surface area contributed by atoms with E-state index in [2.05, 4.69) is 33.1 Å². The number of halogens is 1. The summed E-state index contributed by atoms with van der Waals surface area (Å²) in [5.74, 6) is 1.03. The number of nitrogens with one attached hydrogen (secondary N) is 4. The predicted molar refractivity (Wildman–Crippen MR) is 118 cm³/mol. The lowest BCUT2D eigenvalue weighted by Gasteiger charge is -2.11. The smallest absolute Gasteiger partial charge is 0.269 e. The molecule has 152 valence electrons. The van der Waals surface area contributed by atoms with Crippen LogP contribution in [-0.4, -0.2) is 27.5 Å². The zero-order valence-corrected chi connectivity index (χ0v) is 17.5. The molecule has 0 aliphatic carbocycles. The van der Waals surface area contributed by atoms with E-state index in [1.807, 2.05) is 12.1 Å². The van der Waals surface area contributed by atoms with Gasteiger partial charge in [-0.25, -0.2) is 4.98 Å². The largest absolute Gasteiger partial charge is 0.486 e. The van der Waals surface area contributed by atoms with Gasteiger partial charge in [0.1, 0.15) is 18.2 Å². The molecule has 9 heteroatoms. The first-order valence-electron chi connectivity index (χ1n) is 9.26. The van der Waals surface area contributed by atoms with Crippen molar-refractivity contribution in [3.05, 3.63) is 58.9 Å². The first-order chi connectivity index (χ1) is 14.0. The number of carbonyl (C=O) groups is 1. The summed E-state index contributed by atoms with van der Waals surface area (Å²) < 4.78 is 5.73. The minimum Gasteiger partial charge on any atom is -0.486 e. The number of hydrogen-bond acceptors (Lipinski definition) is 4. The second-order valence-corrected chi connectivity index (χ2v) is 7.19. The van der Waals surface area contributed by atoms with Crippen molar-refractivity contribution in [3.63, 3.8) is 0 Å². The van der Waals surface area contributed by atoms with Crippen molar-refractivity contribution in [1.29, 1.82) is 0 Å². The Morgan fingerprint density at radius 1 is 1.21 bits per heavy atom. The van der Waals surface area contributed by atoms with Crippen LogP contribution in [0.3, 0.4) is 0 Å². The van der Waals surface area contributed by atoms with E-state index < -0.39 is 0 Å². The molecule has 4 N–H and O–H groups in total. The van der Waals surface area contributed by atoms with Gasteiger partial charge in [-0.3, -0.25) is 15.6 Å². The van der Waals surface area contributed by atoms with Gasteiger partial charge in [0.2, 0.25) is 0 Å². The van der Waals surface area contributed by atoms with Crippen LogP contribution in [0.25, 0.3) is 11.0 Å². The van der Waals surface area contributed by atoms with E-state index >= 15 is 0 Å². The highest BCUT2D eigenvalue weighted by molar-refractivity contribution is 7.80. The standard InChI is InChI=1S/C20H22ClN5O2S/c1-2-3-10-22-20(29)26-25-19(27)13-4-7-15(8-5-13)28-12-18-23-16-9-6-14(21)11-17(16)24-18/h4-9,11H,2-3,10,12H2,1H3,(H,23,24)(H,25,27)(H2,22,26,29). The first-order valence-corrected chi connectivity index (χ1v) is 10.0. The highest BCUT2D eigenvalue weighted by atomic mass is 35.5. The predicted octanol–water partition coefficient (Wildman–Crippen LogP) is 3.70. The molecular formula is C20H22ClN5O2S. The van der Waals surface area contributed by atoms with Gasteiger partial charge < -0.3 is 15.0 Å². The van der Waals surface area contributed by atoms with Crippen LogP contribution < -0.4 is 20.9 Å². The molecular weight excluding hydrogens is 410 g/mol. The first kappa shape index (κ1) is 20.9. The molecule has 0 bridgehead atoms. The molecule has 1 amide bonds. The highest BCUT2D eigenvalue weighted by Crippen LogP contribution is 2.18. The zero-order chi connectivity index (χ0) is 20.6. The van der Waals surface area contributed by atoms with Gasteiger partial charge >= 0.3 is 0 Å². The van der Waals surface area contributed by atoms with Crippen LogP contribution in [0.15, 0.2) is 42.5 Å². The van der Waals surface area contributed by atoms with Gasteiger partial charge in [-0.05, 0) is 61.1 Å². The number of aromatic nitrogens is 2. The maximum absolute atomic E-state index is 12.2. The normalized spacial score (nSPS) is 10.6. The average molecular weight is 432 g/mol. The number of fused-ring (bicyclic) bond motifs is 1. The topological polar surface area (TPSA) is 91.1 Å². The molecule has 0 atom stereocenters. The molecule has 1 aromatic heterocycles. The fourth-order valence-corrected chi connectivity index (χ4v) is 2.89. The van der Waals surface area contributed by atoms with Gasteiger partial charge in [-0.15, -0.1) is 0 Å². The third kappa shape index (κ3) is 6.07. The van der Waals surface area contributed by atoms with Gasteiger partial charge in [0.05, 0.1) is 11.0 Å². The Morgan fingerprint density at radius 2 is 2.00 bits per heavy atom. The van der Waals surface area contributed by atoms with E-state index in [4.69, 9.17) is 28.6 Å². The number of thiocarbonyl (C=S) groups is 1. The summed E-state index contributed by atoms with van der Waals surface area (Å²) in [6, 6.07) is 12.3. The van der Waals surface area contributed by atoms with E-state index in [1.54, 1.807) is 30.3 Å². The molecule has 2 aromatic carbocycles. The number of unbranched alkanes of at least 4 members (excludes halogenated alkanes) is 1. The maximum Gasteiger partial charge on any atom is 0.269 e. The van der Waals surface area contributed by atoms with Crippen LogP contribution in [-0.2, 0) is 6.61 Å². The third-order valence-corrected chi connectivity index (χ3v) is 4.57. The fraction of sp³-hybridized carbons (Fsp3) is 0.250. The zero-order valence-electron chi connectivity index (χ0n) is 15.9. The summed E-state index contributed by atoms with van der Waals surface area (Å²) in [6.07, 6.45) is 2.08. The van der Waals surface area contributed by atoms with Crippen molar-refractivity contribution in [1.82, 2.24) is 26.1 Å². The van der Waals surface area contributed by atoms with Gasteiger partial charge in [-0.2, -0.15) is 0 Å². The number of amides is 1. The maximum atomic E-state index is 12.2. The SMILES string of the molecule is CCCCNC(=S)NNC(=O)c1ccc(OCc2nc3ccc(Cl)cc3[nH]2)cc1. The Morgan fingerprint density at radius 3 is 2.76 bits per heavy atom. The molecule has 0 spiro atoms. The van der Waals surface area contributed by atoms with Crippen LogP contribution in [0.5, 0.6) is 5.75 Å². The molecule has 0 saturated heterocycles. The van der Waals surface area contributed by atoms with Crippen LogP contribution in [0, 0.1) is 0 Å². The molecule has 0 fully saturated rings. The molecule has 1 heterocycles. The van der Waals surface area contributed by atoms with Crippen molar-refractivity contribution in [2.45, 2.75) is 26.4 Å². The third-order valence-electron chi connectivity index (χ3n) is 4.09. The molecule has 0 aliphatic heterocycles. The molecule has 7 nitrogen and oxygen atoms in total. The number of hydrazine groups is 1. The minimum absolute atomic E-state index is 0.275. The average Bonchev–Trinajstić information content (AvgIpc) is 3.13. The van der Waals surface area contributed by atoms with E-state index in [1.165, 1.54) is 0 Å². The van der Waals surface area contributed by atoms with E-state index in [0.29, 0.717) is 27.3 Å². The lowest BCUT2D eigenvalue weighted by molar-refractivity contribution is 0.0943. The number of rotatable bonds is 7. The van der Waals surface area contributed by atoms with Crippen molar-refractivity contribution < 1.29 is 9.53 Å². The summed E-state index contributed by atoms with van der Waals surface area (Å²) in [4.78, 5) is 19.8. The molecule has 29 heavy (non-hydrogen) atoms. The second-order valence-electron chi connectivity index (χ2n) is 6.35. The number of benzene rings is 2. The van der Waals surface area contributed by atoms with Crippen molar-refractivity contribution in [2.24, 2.45) is 0 Å². The van der Waals surface area contributed by atoms with Crippen LogP contribution >= 0.6 is 23.8 Å². The molecule has 0 radical (unpaired) electrons. The van der Waals surface area contributed by atoms with Gasteiger partial charge in [0.25, 0.3) is 5.91 Å². The van der Waals surface area contributed by atoms with E-state index in [-0.39, 0.29) is 12.5 Å². The summed E-state index contributed by atoms with van der Waals surface area (Å²) in [5.41, 5.74) is 7.42. The monoisotopic (exact) mass is 431 g/mol. The van der Waals surface area contributed by atoms with Crippen LogP contribution in [0.4, 0.5) is 0 Å². The van der Waals surface area contributed by atoms with E-state index in [9.17, 15) is 4.79 Å². The molecule has 3 aromatic rings. The van der Waals surface area contributed by atoms with Gasteiger partial charge in [-0.1, -0.05) is 24.9 Å². The van der Waals surface area contributed by atoms with Crippen molar-refractivity contribution in [3.8, 4) is 5.75 Å². The quantitative estimate of drug-likeness (QED) is 0.259. The lowest BCUT2D eigenvalue weighted by atomic mass is 10.2. The molecule has 0 saturated carbocycles. The van der Waals surface area contributed by atoms with Crippen LogP contribution in [0.2, 0.25) is 5.02 Å². The fourth-order valence-electron chi connectivity index (χ4n) is 2.57. The highest BCUT2D eigenvalue weighted by Gasteiger charge is 2.07. The molecule has 3 rings (SSSR count). The number of aromatic amines is 1. The lowest BCUT2D eigenvalue weighted by Crippen LogP contribution is -2.46. The summed E-state index contributed by atoms with van der Waals surface area (Å²) >= 11 is 11.1. The number of H-pyrrole nitrogens is 1. The minimum atomic E-state index is -0.287. The Balaban J connectivity index is 1.48. The summed E-state index contributed by atoms with van der Waals surface area (Å²) in [7, 11) is 0. The molecule has 0 unspecified atom stereocenters. The molecule has 0 aliphatic rings. The Kier molecular flexibility index (Phi) is 7.26. The number of carbonyl (C=O) groups excluding carboxylic acids is 1. The van der Waals surface area contributed by atoms with Gasteiger partial charge in [0.15, 0.2) is 5.11 Å². The number of hydrogen-bond donors (Lipinski definition) is 4. The number of nitrogens with zero attached hydrogens (tertiary/aromatic N) is 1. The Bertz CT molecular complexity index is 990. The van der Waals surface area contributed by atoms with Crippen molar-refractivity contribution >= 4 is 45.9 Å². The Labute approximate surface area is 179 Å². The number of ether oxygens (including phenoxy) is 1. The Hall–Kier alpha value is -2.84. The second kappa shape index (κ2) is 10.1.